The summed E-state index contributed by atoms with van der Waals surface area (Å²) in [6, 6.07) is 2.08. The van der Waals surface area contributed by atoms with E-state index in [0.29, 0.717) is 21.9 Å². The van der Waals surface area contributed by atoms with Crippen molar-refractivity contribution in [3.8, 4) is 0 Å². The Labute approximate surface area is 204 Å². The molecular weight excluding hydrogens is 537 g/mol. The fourth-order valence-corrected chi connectivity index (χ4v) is 3.45. The fourth-order valence-electron chi connectivity index (χ4n) is 3.12. The van der Waals surface area contributed by atoms with Gasteiger partial charge in [-0.2, -0.15) is 18.3 Å². The van der Waals surface area contributed by atoms with Crippen molar-refractivity contribution in [2.45, 2.75) is 26.6 Å². The van der Waals surface area contributed by atoms with Crippen LogP contribution in [0, 0.1) is 19.3 Å². The van der Waals surface area contributed by atoms with Gasteiger partial charge in [0, 0.05) is 23.1 Å². The number of anilines is 1. The molecule has 0 bridgehead atoms. The molecule has 15 heteroatoms. The van der Waals surface area contributed by atoms with Crippen LogP contribution in [-0.2, 0) is 22.3 Å². The van der Waals surface area contributed by atoms with Gasteiger partial charge in [-0.1, -0.05) is 0 Å². The van der Waals surface area contributed by atoms with Gasteiger partial charge in [-0.25, -0.2) is 9.97 Å². The number of fused-ring (bicyclic) bond motifs is 1. The molecule has 0 aliphatic carbocycles. The molecule has 0 aliphatic rings. The molecule has 0 atom stereocenters. The number of amides is 3. The lowest BCUT2D eigenvalue weighted by atomic mass is 10.1. The van der Waals surface area contributed by atoms with E-state index < -0.39 is 29.6 Å². The summed E-state index contributed by atoms with van der Waals surface area (Å²) < 4.78 is 41.8. The second-order valence-electron chi connectivity index (χ2n) is 7.25. The highest BCUT2D eigenvalue weighted by molar-refractivity contribution is 9.10. The van der Waals surface area contributed by atoms with E-state index in [2.05, 4.69) is 46.9 Å². The Bertz CT molecular complexity index is 1370. The van der Waals surface area contributed by atoms with E-state index in [-0.39, 0.29) is 34.7 Å². The highest BCUT2D eigenvalue weighted by Gasteiger charge is 2.34. The average Bonchev–Trinajstić information content (AvgIpc) is 3.03. The largest absolute Gasteiger partial charge is 0.433 e. The van der Waals surface area contributed by atoms with Crippen LogP contribution < -0.4 is 16.0 Å². The molecule has 184 valence electrons. The molecule has 0 saturated carbocycles. The number of pyridine rings is 2. The summed E-state index contributed by atoms with van der Waals surface area (Å²) in [4.78, 5) is 43.4. The van der Waals surface area contributed by atoms with Crippen molar-refractivity contribution in [2.75, 3.05) is 12.4 Å². The summed E-state index contributed by atoms with van der Waals surface area (Å²) in [6.07, 6.45) is -3.53. The molecule has 3 amide bonds. The Balaban J connectivity index is 1.92. The first-order valence-corrected chi connectivity index (χ1v) is 10.6. The maximum Gasteiger partial charge on any atom is 0.433 e. The predicted octanol–water partition coefficient (Wildman–Crippen LogP) is 2.32. The van der Waals surface area contributed by atoms with Crippen LogP contribution in [0.3, 0.4) is 0 Å². The van der Waals surface area contributed by atoms with Crippen LogP contribution in [0.5, 0.6) is 0 Å². The number of aromatic nitrogens is 4. The second-order valence-corrected chi connectivity index (χ2v) is 8.16. The predicted molar refractivity (Wildman–Crippen MR) is 122 cm³/mol. The topological polar surface area (TPSA) is 155 Å². The number of hydrogen-bond donors (Lipinski definition) is 4. The van der Waals surface area contributed by atoms with Crippen molar-refractivity contribution < 1.29 is 27.6 Å². The number of carbonyl (C=O) groups is 3. The van der Waals surface area contributed by atoms with Crippen molar-refractivity contribution in [3.05, 3.63) is 45.4 Å². The lowest BCUT2D eigenvalue weighted by Crippen LogP contribution is -2.42. The molecule has 0 fully saturated rings. The minimum atomic E-state index is -4.80. The number of nitrogens with zero attached hydrogens (tertiary/aromatic N) is 4. The maximum absolute atomic E-state index is 13.4. The molecule has 0 radical (unpaired) electrons. The van der Waals surface area contributed by atoms with E-state index in [1.807, 2.05) is 0 Å². The summed E-state index contributed by atoms with van der Waals surface area (Å²) in [5.41, 5.74) is -0.930. The molecule has 11 nitrogen and oxygen atoms in total. The minimum Gasteiger partial charge on any atom is -0.351 e. The number of halogens is 4. The minimum absolute atomic E-state index is 0.103. The van der Waals surface area contributed by atoms with E-state index in [1.54, 1.807) is 13.8 Å². The van der Waals surface area contributed by atoms with E-state index in [1.165, 1.54) is 24.0 Å². The van der Waals surface area contributed by atoms with Crippen molar-refractivity contribution in [3.63, 3.8) is 0 Å². The maximum atomic E-state index is 13.4. The van der Waals surface area contributed by atoms with Crippen LogP contribution in [0.1, 0.15) is 27.4 Å². The van der Waals surface area contributed by atoms with Crippen molar-refractivity contribution in [1.82, 2.24) is 30.4 Å². The summed E-state index contributed by atoms with van der Waals surface area (Å²) in [7, 11) is 1.26. The molecule has 4 N–H and O–H groups in total. The van der Waals surface area contributed by atoms with Crippen molar-refractivity contribution in [1.29, 1.82) is 5.41 Å². The van der Waals surface area contributed by atoms with Crippen LogP contribution in [0.2, 0.25) is 0 Å². The van der Waals surface area contributed by atoms with E-state index >= 15 is 0 Å². The van der Waals surface area contributed by atoms with Gasteiger partial charge >= 0.3 is 18.0 Å². The lowest BCUT2D eigenvalue weighted by Gasteiger charge is -2.12. The molecular formula is C20H18BrF3N8O3. The summed E-state index contributed by atoms with van der Waals surface area (Å²) >= 11 is 3.19. The molecule has 35 heavy (non-hydrogen) atoms. The Kier molecular flexibility index (Phi) is 7.19. The smallest absolute Gasteiger partial charge is 0.351 e. The molecule has 3 heterocycles. The lowest BCUT2D eigenvalue weighted by molar-refractivity contribution is -0.141. The Hall–Kier alpha value is -3.88. The number of hydrogen-bond acceptors (Lipinski definition) is 7. The van der Waals surface area contributed by atoms with Gasteiger partial charge in [-0.05, 0) is 41.9 Å². The average molecular weight is 555 g/mol. The van der Waals surface area contributed by atoms with Crippen LogP contribution in [-0.4, -0.2) is 50.4 Å². The van der Waals surface area contributed by atoms with Gasteiger partial charge < -0.3 is 16.0 Å². The van der Waals surface area contributed by atoms with Crippen LogP contribution >= 0.6 is 15.9 Å². The second kappa shape index (κ2) is 9.77. The molecule has 0 spiro atoms. The third-order valence-corrected chi connectivity index (χ3v) is 5.23. The Morgan fingerprint density at radius 2 is 1.86 bits per heavy atom. The highest BCUT2D eigenvalue weighted by Crippen LogP contribution is 2.32. The molecule has 3 rings (SSSR count). The van der Waals surface area contributed by atoms with Gasteiger partial charge in [-0.15, -0.1) is 0 Å². The molecule has 0 unspecified atom stereocenters. The first-order valence-electron chi connectivity index (χ1n) is 9.81. The molecule has 0 saturated heterocycles. The summed E-state index contributed by atoms with van der Waals surface area (Å²) in [6.45, 7) is 2.88. The first kappa shape index (κ1) is 25.7. The number of likely N-dealkylation sites (N-methyl/N-ethyl adjacent to an activating group) is 1. The number of aryl methyl sites for hydroxylation is 1. The van der Waals surface area contributed by atoms with Gasteiger partial charge in [-0.3, -0.25) is 24.5 Å². The van der Waals surface area contributed by atoms with Gasteiger partial charge in [0.1, 0.15) is 11.5 Å². The monoisotopic (exact) mass is 554 g/mol. The van der Waals surface area contributed by atoms with E-state index in [9.17, 15) is 27.6 Å². The van der Waals surface area contributed by atoms with Gasteiger partial charge in [0.15, 0.2) is 5.65 Å². The first-order chi connectivity index (χ1) is 16.3. The Morgan fingerprint density at radius 3 is 2.49 bits per heavy atom. The number of alkyl halides is 3. The van der Waals surface area contributed by atoms with E-state index in [0.717, 1.165) is 0 Å². The zero-order chi connectivity index (χ0) is 26.1. The standard InChI is InChI=1S/C20H18BrF3N8O3/c1-8-15(9(2)32(31-8)7-14(25)29-19(35)18(34)26-3)30-17(33)12-5-13(20(22,23)24)28-16-11(12)4-10(21)6-27-16/h4-6H,7H2,1-3H3,(H,26,34)(H,30,33)(H2,25,29,35). The van der Waals surface area contributed by atoms with Crippen LogP contribution in [0.15, 0.2) is 22.8 Å². The SMILES string of the molecule is CNC(=O)C(=O)NC(=N)Cn1nc(C)c(NC(=O)c2cc(C(F)(F)F)nc3ncc(Br)cc23)c1C. The highest BCUT2D eigenvalue weighted by atomic mass is 79.9. The zero-order valence-corrected chi connectivity index (χ0v) is 20.1. The molecule has 3 aromatic rings. The van der Waals surface area contributed by atoms with Crippen LogP contribution in [0.25, 0.3) is 11.0 Å². The number of amidine groups is 1. The fraction of sp³-hybridized carbons (Fsp3) is 0.250. The summed E-state index contributed by atoms with van der Waals surface area (Å²) in [5, 5.41) is 19.0. The molecule has 0 aliphatic heterocycles. The number of rotatable bonds is 4. The van der Waals surface area contributed by atoms with Gasteiger partial charge in [0.2, 0.25) is 0 Å². The Morgan fingerprint density at radius 1 is 1.17 bits per heavy atom. The normalized spacial score (nSPS) is 11.3. The molecule has 0 aromatic carbocycles. The summed E-state index contributed by atoms with van der Waals surface area (Å²) in [5.74, 6) is -3.15. The van der Waals surface area contributed by atoms with Gasteiger partial charge in [0.05, 0.1) is 29.2 Å². The molecule has 3 aromatic heterocycles. The van der Waals surface area contributed by atoms with Crippen LogP contribution in [0.4, 0.5) is 18.9 Å². The third-order valence-electron chi connectivity index (χ3n) is 4.79. The number of carbonyl (C=O) groups excluding carboxylic acids is 3. The zero-order valence-electron chi connectivity index (χ0n) is 18.5. The van der Waals surface area contributed by atoms with Crippen molar-refractivity contribution >= 4 is 56.2 Å². The third kappa shape index (κ3) is 5.62. The van der Waals surface area contributed by atoms with Gasteiger partial charge in [0.25, 0.3) is 5.91 Å². The van der Waals surface area contributed by atoms with E-state index in [4.69, 9.17) is 5.41 Å². The van der Waals surface area contributed by atoms with Crippen molar-refractivity contribution in [2.24, 2.45) is 0 Å². The quantitative estimate of drug-likeness (QED) is 0.220. The number of nitrogens with one attached hydrogen (secondary N) is 4.